The summed E-state index contributed by atoms with van der Waals surface area (Å²) in [5.74, 6) is 0.523. The van der Waals surface area contributed by atoms with Crippen LogP contribution in [0.2, 0.25) is 5.02 Å². The van der Waals surface area contributed by atoms with Gasteiger partial charge in [-0.15, -0.1) is 11.3 Å². The first-order chi connectivity index (χ1) is 8.67. The molecule has 0 aliphatic heterocycles. The monoisotopic (exact) mass is 295 g/mol. The van der Waals surface area contributed by atoms with Crippen LogP contribution in [0.1, 0.15) is 12.5 Å². The van der Waals surface area contributed by atoms with Crippen LogP contribution in [-0.2, 0) is 10.8 Å². The standard InChI is InChI=1S/C13H10ClNOS2/c1-2-18(16)13-11(7-15)12(8-17-13)9-3-5-10(14)6-4-9/h3-6,8H,2H2,1H3/t18-/m0/s1. The third-order valence-electron chi connectivity index (χ3n) is 2.49. The second kappa shape index (κ2) is 5.66. The minimum atomic E-state index is -1.09. The molecule has 0 fully saturated rings. The molecule has 0 saturated carbocycles. The van der Waals surface area contributed by atoms with E-state index < -0.39 is 10.8 Å². The van der Waals surface area contributed by atoms with Crippen molar-refractivity contribution in [3.63, 3.8) is 0 Å². The number of halogens is 1. The maximum Gasteiger partial charge on any atom is 0.109 e. The zero-order valence-electron chi connectivity index (χ0n) is 9.64. The van der Waals surface area contributed by atoms with Gasteiger partial charge in [0.05, 0.1) is 16.4 Å². The van der Waals surface area contributed by atoms with E-state index in [0.717, 1.165) is 11.1 Å². The summed E-state index contributed by atoms with van der Waals surface area (Å²) in [6, 6.07) is 9.45. The van der Waals surface area contributed by atoms with Crippen molar-refractivity contribution in [3.8, 4) is 17.2 Å². The predicted molar refractivity (Wildman–Crippen MR) is 76.4 cm³/mol. The third-order valence-corrected chi connectivity index (χ3v) is 5.51. The van der Waals surface area contributed by atoms with Crippen LogP contribution < -0.4 is 0 Å². The fraction of sp³-hybridized carbons (Fsp3) is 0.154. The average Bonchev–Trinajstić information content (AvgIpc) is 2.82. The van der Waals surface area contributed by atoms with Gasteiger partial charge in [0, 0.05) is 21.7 Å². The summed E-state index contributed by atoms with van der Waals surface area (Å²) in [6.45, 7) is 1.85. The molecule has 2 rings (SSSR count). The highest BCUT2D eigenvalue weighted by Crippen LogP contribution is 2.33. The number of nitriles is 1. The Morgan fingerprint density at radius 1 is 1.39 bits per heavy atom. The molecule has 1 aromatic heterocycles. The van der Waals surface area contributed by atoms with E-state index in [-0.39, 0.29) is 0 Å². The molecule has 18 heavy (non-hydrogen) atoms. The van der Waals surface area contributed by atoms with Gasteiger partial charge in [-0.25, -0.2) is 0 Å². The van der Waals surface area contributed by atoms with Crippen molar-refractivity contribution >= 4 is 33.7 Å². The first kappa shape index (κ1) is 13.3. The number of rotatable bonds is 3. The van der Waals surface area contributed by atoms with Crippen molar-refractivity contribution in [2.24, 2.45) is 0 Å². The van der Waals surface area contributed by atoms with Gasteiger partial charge in [-0.2, -0.15) is 5.26 Å². The van der Waals surface area contributed by atoms with Gasteiger partial charge in [-0.3, -0.25) is 4.21 Å². The normalized spacial score (nSPS) is 12.1. The number of thiophene rings is 1. The van der Waals surface area contributed by atoms with Gasteiger partial charge in [0.15, 0.2) is 0 Å². The van der Waals surface area contributed by atoms with Gasteiger partial charge in [0.25, 0.3) is 0 Å². The van der Waals surface area contributed by atoms with E-state index in [1.807, 2.05) is 24.4 Å². The van der Waals surface area contributed by atoms with Crippen molar-refractivity contribution in [1.29, 1.82) is 5.26 Å². The molecule has 2 aromatic rings. The van der Waals surface area contributed by atoms with Gasteiger partial charge >= 0.3 is 0 Å². The molecule has 0 aliphatic carbocycles. The van der Waals surface area contributed by atoms with Gasteiger partial charge in [-0.05, 0) is 17.7 Å². The van der Waals surface area contributed by atoms with Crippen LogP contribution in [0.25, 0.3) is 11.1 Å². The summed E-state index contributed by atoms with van der Waals surface area (Å²) in [6.07, 6.45) is 0. The van der Waals surface area contributed by atoms with Gasteiger partial charge in [0.1, 0.15) is 10.3 Å². The zero-order valence-corrected chi connectivity index (χ0v) is 12.0. The van der Waals surface area contributed by atoms with E-state index in [4.69, 9.17) is 11.6 Å². The number of hydrogen-bond donors (Lipinski definition) is 0. The largest absolute Gasteiger partial charge is 0.253 e. The predicted octanol–water partition coefficient (Wildman–Crippen LogP) is 4.07. The van der Waals surface area contributed by atoms with Crippen LogP contribution in [0, 0.1) is 11.3 Å². The number of hydrogen-bond acceptors (Lipinski definition) is 3. The first-order valence-corrected chi connectivity index (χ1v) is 7.91. The van der Waals surface area contributed by atoms with Crippen LogP contribution in [0.3, 0.4) is 0 Å². The lowest BCUT2D eigenvalue weighted by atomic mass is 10.1. The third kappa shape index (κ3) is 2.49. The Labute approximate surface area is 117 Å². The average molecular weight is 296 g/mol. The maximum absolute atomic E-state index is 11.8. The molecular weight excluding hydrogens is 286 g/mol. The Morgan fingerprint density at radius 3 is 2.61 bits per heavy atom. The molecule has 2 nitrogen and oxygen atoms in total. The van der Waals surface area contributed by atoms with Gasteiger partial charge in [-0.1, -0.05) is 30.7 Å². The Bertz CT molecular complexity index is 625. The second-order valence-electron chi connectivity index (χ2n) is 3.56. The van der Waals surface area contributed by atoms with Crippen LogP contribution in [0.15, 0.2) is 33.9 Å². The summed E-state index contributed by atoms with van der Waals surface area (Å²) < 4.78 is 12.5. The number of benzene rings is 1. The zero-order chi connectivity index (χ0) is 13.1. The van der Waals surface area contributed by atoms with E-state index in [2.05, 4.69) is 6.07 Å². The molecule has 0 spiro atoms. The Kier molecular flexibility index (Phi) is 4.18. The molecular formula is C13H10ClNOS2. The molecule has 0 saturated heterocycles. The molecule has 5 heteroatoms. The first-order valence-electron chi connectivity index (χ1n) is 5.33. The highest BCUT2D eigenvalue weighted by molar-refractivity contribution is 7.87. The molecule has 0 amide bonds. The number of nitrogens with zero attached hydrogens (tertiary/aromatic N) is 1. The fourth-order valence-electron chi connectivity index (χ4n) is 1.59. The lowest BCUT2D eigenvalue weighted by molar-refractivity contribution is 0.685. The van der Waals surface area contributed by atoms with Crippen molar-refractivity contribution in [2.45, 2.75) is 11.1 Å². The minimum Gasteiger partial charge on any atom is -0.253 e. The Hall–Kier alpha value is -1.15. The molecule has 0 aliphatic rings. The summed E-state index contributed by atoms with van der Waals surface area (Å²) in [5.41, 5.74) is 2.27. The fourth-order valence-corrected chi connectivity index (χ4v) is 4.04. The summed E-state index contributed by atoms with van der Waals surface area (Å²) in [4.78, 5) is 0. The van der Waals surface area contributed by atoms with Crippen molar-refractivity contribution < 1.29 is 4.21 Å². The molecule has 1 aromatic carbocycles. The molecule has 0 unspecified atom stereocenters. The molecule has 0 radical (unpaired) electrons. The van der Waals surface area contributed by atoms with E-state index in [9.17, 15) is 9.47 Å². The summed E-state index contributed by atoms with van der Waals surface area (Å²) in [5, 5.41) is 11.8. The van der Waals surface area contributed by atoms with Crippen molar-refractivity contribution in [1.82, 2.24) is 0 Å². The summed E-state index contributed by atoms with van der Waals surface area (Å²) >= 11 is 7.22. The van der Waals surface area contributed by atoms with Crippen LogP contribution in [-0.4, -0.2) is 9.96 Å². The highest BCUT2D eigenvalue weighted by Gasteiger charge is 2.16. The van der Waals surface area contributed by atoms with Crippen LogP contribution >= 0.6 is 22.9 Å². The minimum absolute atomic E-state index is 0.516. The topological polar surface area (TPSA) is 40.9 Å². The van der Waals surface area contributed by atoms with Gasteiger partial charge in [0.2, 0.25) is 0 Å². The SMILES string of the molecule is CC[S@](=O)c1scc(-c2ccc(Cl)cc2)c1C#N. The maximum atomic E-state index is 11.8. The van der Waals surface area contributed by atoms with E-state index in [0.29, 0.717) is 20.5 Å². The smallest absolute Gasteiger partial charge is 0.109 e. The van der Waals surface area contributed by atoms with E-state index in [1.54, 1.807) is 12.1 Å². The molecule has 0 bridgehead atoms. The Morgan fingerprint density at radius 2 is 2.06 bits per heavy atom. The van der Waals surface area contributed by atoms with Crippen LogP contribution in [0.5, 0.6) is 0 Å². The van der Waals surface area contributed by atoms with Crippen molar-refractivity contribution in [3.05, 3.63) is 40.2 Å². The van der Waals surface area contributed by atoms with Crippen LogP contribution in [0.4, 0.5) is 0 Å². The van der Waals surface area contributed by atoms with E-state index in [1.165, 1.54) is 11.3 Å². The molecule has 1 atom stereocenters. The Balaban J connectivity index is 2.53. The van der Waals surface area contributed by atoms with E-state index >= 15 is 0 Å². The molecule has 92 valence electrons. The summed E-state index contributed by atoms with van der Waals surface area (Å²) in [7, 11) is -1.09. The second-order valence-corrected chi connectivity index (χ2v) is 6.82. The van der Waals surface area contributed by atoms with Gasteiger partial charge < -0.3 is 0 Å². The molecule has 0 N–H and O–H groups in total. The molecule has 1 heterocycles. The quantitative estimate of drug-likeness (QED) is 0.856. The highest BCUT2D eigenvalue weighted by atomic mass is 35.5. The lowest BCUT2D eigenvalue weighted by Gasteiger charge is -2.00. The van der Waals surface area contributed by atoms with Crippen molar-refractivity contribution in [2.75, 3.05) is 5.75 Å². The lowest BCUT2D eigenvalue weighted by Crippen LogP contribution is -1.93.